The van der Waals surface area contributed by atoms with Crippen LogP contribution in [0, 0.1) is 5.92 Å². The van der Waals surface area contributed by atoms with Crippen LogP contribution in [-0.2, 0) is 4.79 Å². The first kappa shape index (κ1) is 16.8. The first-order chi connectivity index (χ1) is 9.25. The van der Waals surface area contributed by atoms with Gasteiger partial charge in [0, 0.05) is 18.5 Å². The zero-order valence-electron chi connectivity index (χ0n) is 11.6. The molecule has 4 nitrogen and oxygen atoms in total. The van der Waals surface area contributed by atoms with Gasteiger partial charge in [-0.05, 0) is 37.8 Å². The van der Waals surface area contributed by atoms with Gasteiger partial charge in [0.2, 0.25) is 5.91 Å². The molecule has 1 aromatic rings. The van der Waals surface area contributed by atoms with Gasteiger partial charge in [-0.2, -0.15) is 0 Å². The molecule has 2 atom stereocenters. The summed E-state index contributed by atoms with van der Waals surface area (Å²) in [4.78, 5) is 11.8. The highest BCUT2D eigenvalue weighted by Gasteiger charge is 2.27. The second-order valence-electron chi connectivity index (χ2n) is 5.08. The number of nitrogens with one attached hydrogen (secondary N) is 1. The van der Waals surface area contributed by atoms with Gasteiger partial charge < -0.3 is 15.8 Å². The first-order valence-corrected chi connectivity index (χ1v) is 6.97. The van der Waals surface area contributed by atoms with Crippen molar-refractivity contribution in [3.8, 4) is 5.75 Å². The highest BCUT2D eigenvalue weighted by molar-refractivity contribution is 5.85. The molecule has 1 aliphatic carbocycles. The van der Waals surface area contributed by atoms with Crippen molar-refractivity contribution in [1.29, 1.82) is 0 Å². The van der Waals surface area contributed by atoms with Crippen LogP contribution in [0.5, 0.6) is 5.75 Å². The van der Waals surface area contributed by atoms with Crippen LogP contribution < -0.4 is 15.8 Å². The topological polar surface area (TPSA) is 64.4 Å². The molecule has 0 saturated heterocycles. The zero-order chi connectivity index (χ0) is 13.5. The van der Waals surface area contributed by atoms with Crippen molar-refractivity contribution in [3.63, 3.8) is 0 Å². The van der Waals surface area contributed by atoms with Crippen LogP contribution in [0.15, 0.2) is 30.3 Å². The molecule has 0 radical (unpaired) electrons. The van der Waals surface area contributed by atoms with E-state index in [1.54, 1.807) is 0 Å². The van der Waals surface area contributed by atoms with E-state index in [0.717, 1.165) is 31.4 Å². The van der Waals surface area contributed by atoms with Crippen molar-refractivity contribution in [2.24, 2.45) is 11.7 Å². The third-order valence-electron chi connectivity index (χ3n) is 3.48. The van der Waals surface area contributed by atoms with Gasteiger partial charge in [0.05, 0.1) is 6.61 Å². The van der Waals surface area contributed by atoms with Crippen LogP contribution in [0.3, 0.4) is 0 Å². The van der Waals surface area contributed by atoms with E-state index in [0.29, 0.717) is 13.2 Å². The SMILES string of the molecule is Cl.NC1CCC(C(=O)NCCCOc2ccccc2)C1. The Morgan fingerprint density at radius 1 is 1.30 bits per heavy atom. The molecule has 1 aromatic carbocycles. The Morgan fingerprint density at radius 3 is 2.70 bits per heavy atom. The third kappa shape index (κ3) is 5.39. The number of benzene rings is 1. The predicted molar refractivity (Wildman–Crippen MR) is 82.1 cm³/mol. The fourth-order valence-electron chi connectivity index (χ4n) is 2.39. The molecule has 1 fully saturated rings. The smallest absolute Gasteiger partial charge is 0.223 e. The predicted octanol–water partition coefficient (Wildman–Crippen LogP) is 2.12. The van der Waals surface area contributed by atoms with Crippen LogP contribution in [0.2, 0.25) is 0 Å². The number of ether oxygens (including phenoxy) is 1. The second kappa shape index (κ2) is 8.82. The summed E-state index contributed by atoms with van der Waals surface area (Å²) in [7, 11) is 0. The average molecular weight is 299 g/mol. The molecule has 0 aliphatic heterocycles. The van der Waals surface area contributed by atoms with E-state index in [1.165, 1.54) is 0 Å². The maximum Gasteiger partial charge on any atom is 0.223 e. The molecule has 2 unspecified atom stereocenters. The Morgan fingerprint density at radius 2 is 2.05 bits per heavy atom. The summed E-state index contributed by atoms with van der Waals surface area (Å²) in [5.74, 6) is 1.13. The minimum absolute atomic E-state index is 0. The van der Waals surface area contributed by atoms with Gasteiger partial charge in [-0.3, -0.25) is 4.79 Å². The van der Waals surface area contributed by atoms with Crippen LogP contribution >= 0.6 is 12.4 Å². The van der Waals surface area contributed by atoms with Crippen LogP contribution in [0.1, 0.15) is 25.7 Å². The standard InChI is InChI=1S/C15H22N2O2.ClH/c16-13-8-7-12(11-13)15(18)17-9-4-10-19-14-5-2-1-3-6-14;/h1-3,5-6,12-13H,4,7-11,16H2,(H,17,18);1H. The molecule has 2 rings (SSSR count). The molecule has 112 valence electrons. The number of hydrogen-bond acceptors (Lipinski definition) is 3. The summed E-state index contributed by atoms with van der Waals surface area (Å²) >= 11 is 0. The summed E-state index contributed by atoms with van der Waals surface area (Å²) in [5.41, 5.74) is 5.80. The maximum atomic E-state index is 11.8. The molecule has 0 heterocycles. The second-order valence-corrected chi connectivity index (χ2v) is 5.08. The van der Waals surface area contributed by atoms with E-state index in [9.17, 15) is 4.79 Å². The van der Waals surface area contributed by atoms with E-state index in [4.69, 9.17) is 10.5 Å². The molecular formula is C15H23ClN2O2. The van der Waals surface area contributed by atoms with Gasteiger partial charge in [-0.25, -0.2) is 0 Å². The van der Waals surface area contributed by atoms with E-state index in [1.807, 2.05) is 30.3 Å². The lowest BCUT2D eigenvalue weighted by Gasteiger charge is -2.11. The van der Waals surface area contributed by atoms with Gasteiger partial charge in [0.1, 0.15) is 5.75 Å². The fourth-order valence-corrected chi connectivity index (χ4v) is 2.39. The molecule has 0 bridgehead atoms. The highest BCUT2D eigenvalue weighted by Crippen LogP contribution is 2.23. The number of rotatable bonds is 6. The maximum absolute atomic E-state index is 11.8. The number of hydrogen-bond donors (Lipinski definition) is 2. The van der Waals surface area contributed by atoms with Crippen molar-refractivity contribution in [1.82, 2.24) is 5.32 Å². The van der Waals surface area contributed by atoms with Gasteiger partial charge >= 0.3 is 0 Å². The number of amides is 1. The Hall–Kier alpha value is -1.26. The summed E-state index contributed by atoms with van der Waals surface area (Å²) in [6.45, 7) is 1.28. The zero-order valence-corrected chi connectivity index (χ0v) is 12.4. The van der Waals surface area contributed by atoms with Crippen molar-refractivity contribution in [2.45, 2.75) is 31.7 Å². The van der Waals surface area contributed by atoms with Crippen LogP contribution in [0.4, 0.5) is 0 Å². The van der Waals surface area contributed by atoms with Crippen molar-refractivity contribution >= 4 is 18.3 Å². The molecule has 1 saturated carbocycles. The number of carbonyl (C=O) groups is 1. The monoisotopic (exact) mass is 298 g/mol. The Labute approximate surface area is 126 Å². The largest absolute Gasteiger partial charge is 0.494 e. The summed E-state index contributed by atoms with van der Waals surface area (Å²) in [6.07, 6.45) is 3.54. The minimum Gasteiger partial charge on any atom is -0.494 e. The number of nitrogens with two attached hydrogens (primary N) is 1. The molecule has 3 N–H and O–H groups in total. The quantitative estimate of drug-likeness (QED) is 0.791. The van der Waals surface area contributed by atoms with Crippen LogP contribution in [-0.4, -0.2) is 25.1 Å². The minimum atomic E-state index is 0. The summed E-state index contributed by atoms with van der Waals surface area (Å²) < 4.78 is 5.56. The molecule has 5 heteroatoms. The fraction of sp³-hybridized carbons (Fsp3) is 0.533. The van der Waals surface area contributed by atoms with E-state index in [2.05, 4.69) is 5.32 Å². The highest BCUT2D eigenvalue weighted by atomic mass is 35.5. The van der Waals surface area contributed by atoms with E-state index < -0.39 is 0 Å². The molecular weight excluding hydrogens is 276 g/mol. The molecule has 1 amide bonds. The first-order valence-electron chi connectivity index (χ1n) is 6.97. The average Bonchev–Trinajstić information content (AvgIpc) is 2.86. The molecule has 20 heavy (non-hydrogen) atoms. The van der Waals surface area contributed by atoms with Gasteiger partial charge in [0.15, 0.2) is 0 Å². The molecule has 1 aliphatic rings. The van der Waals surface area contributed by atoms with Crippen molar-refractivity contribution < 1.29 is 9.53 Å². The molecule has 0 aromatic heterocycles. The number of para-hydroxylation sites is 1. The van der Waals surface area contributed by atoms with Crippen molar-refractivity contribution in [2.75, 3.05) is 13.2 Å². The normalized spacial score (nSPS) is 21.1. The number of carbonyl (C=O) groups excluding carboxylic acids is 1. The van der Waals surface area contributed by atoms with Gasteiger partial charge in [0.25, 0.3) is 0 Å². The lowest BCUT2D eigenvalue weighted by Crippen LogP contribution is -2.31. The Bertz CT molecular complexity index is 400. The Kier molecular flexibility index (Phi) is 7.41. The van der Waals surface area contributed by atoms with Gasteiger partial charge in [-0.1, -0.05) is 18.2 Å². The molecule has 0 spiro atoms. The summed E-state index contributed by atoms with van der Waals surface area (Å²) in [6, 6.07) is 9.91. The summed E-state index contributed by atoms with van der Waals surface area (Å²) in [5, 5.41) is 2.96. The van der Waals surface area contributed by atoms with Crippen LogP contribution in [0.25, 0.3) is 0 Å². The van der Waals surface area contributed by atoms with E-state index in [-0.39, 0.29) is 30.3 Å². The lowest BCUT2D eigenvalue weighted by atomic mass is 10.1. The van der Waals surface area contributed by atoms with Gasteiger partial charge in [-0.15, -0.1) is 12.4 Å². The van der Waals surface area contributed by atoms with E-state index >= 15 is 0 Å². The Balaban J connectivity index is 0.00000200. The number of halogens is 1. The van der Waals surface area contributed by atoms with Crippen molar-refractivity contribution in [3.05, 3.63) is 30.3 Å². The third-order valence-corrected chi connectivity index (χ3v) is 3.48. The lowest BCUT2D eigenvalue weighted by molar-refractivity contribution is -0.124.